The molecule has 1 aromatic carbocycles. The zero-order chi connectivity index (χ0) is 17.1. The maximum atomic E-state index is 12.5. The molecule has 0 aliphatic carbocycles. The van der Waals surface area contributed by atoms with Gasteiger partial charge in [0, 0.05) is 30.1 Å². The number of carbonyl (C=O) groups excluding carboxylic acids is 1. The molecule has 0 saturated carbocycles. The van der Waals surface area contributed by atoms with Crippen LogP contribution in [0.25, 0.3) is 11.4 Å². The Morgan fingerprint density at radius 3 is 2.52 bits per heavy atom. The molecule has 1 atom stereocenters. The molecule has 0 aliphatic heterocycles. The number of carbonyl (C=O) groups is 1. The Morgan fingerprint density at radius 1 is 1.28 bits per heavy atom. The van der Waals surface area contributed by atoms with Crippen LogP contribution in [-0.2, 0) is 11.8 Å². The second kappa shape index (κ2) is 7.91. The van der Waals surface area contributed by atoms with Crippen molar-refractivity contribution in [1.82, 2.24) is 30.3 Å². The largest absolute Gasteiger partial charge is 0.324 e. The van der Waals surface area contributed by atoms with Crippen LogP contribution in [0.5, 0.6) is 0 Å². The topological polar surface area (TPSA) is 101 Å². The molecule has 3 aromatic rings. The van der Waals surface area contributed by atoms with Gasteiger partial charge >= 0.3 is 0 Å². The third-order valence-corrected chi connectivity index (χ3v) is 3.62. The molecule has 0 spiro atoms. The van der Waals surface area contributed by atoms with Gasteiger partial charge in [0.15, 0.2) is 5.82 Å². The lowest BCUT2D eigenvalue weighted by atomic mass is 10.1. The van der Waals surface area contributed by atoms with Gasteiger partial charge in [0.25, 0.3) is 0 Å². The summed E-state index contributed by atoms with van der Waals surface area (Å²) in [6.45, 7) is 1.85. The number of benzene rings is 1. The number of nitrogens with zero attached hydrogens (tertiary/aromatic N) is 4. The van der Waals surface area contributed by atoms with E-state index in [9.17, 15) is 4.79 Å². The molecule has 0 radical (unpaired) electrons. The number of halogens is 1. The van der Waals surface area contributed by atoms with Crippen molar-refractivity contribution in [2.24, 2.45) is 7.05 Å². The minimum absolute atomic E-state index is 0. The van der Waals surface area contributed by atoms with E-state index in [1.165, 1.54) is 0 Å². The van der Waals surface area contributed by atoms with Crippen LogP contribution in [0.3, 0.4) is 0 Å². The number of aryl methyl sites for hydroxylation is 2. The Hall–Kier alpha value is -2.71. The van der Waals surface area contributed by atoms with E-state index in [2.05, 4.69) is 30.9 Å². The zero-order valence-corrected chi connectivity index (χ0v) is 15.0. The van der Waals surface area contributed by atoms with Gasteiger partial charge in [-0.2, -0.15) is 10.2 Å². The highest BCUT2D eigenvalue weighted by atomic mass is 35.5. The summed E-state index contributed by atoms with van der Waals surface area (Å²) in [5, 5.41) is 16.9. The predicted molar refractivity (Wildman–Crippen MR) is 97.4 cm³/mol. The summed E-state index contributed by atoms with van der Waals surface area (Å²) in [6.07, 6.45) is 3.49. The van der Waals surface area contributed by atoms with Crippen molar-refractivity contribution in [3.63, 3.8) is 0 Å². The fourth-order valence-corrected chi connectivity index (χ4v) is 2.43. The summed E-state index contributed by atoms with van der Waals surface area (Å²) in [6, 6.07) is 6.94. The SMILES string of the molecule is CNC(C(=O)Nc1ccc(-c2n[nH]c(C)n2)cc1)c1cnn(C)c1.Cl. The van der Waals surface area contributed by atoms with E-state index in [0.717, 1.165) is 17.0 Å². The number of aromatic nitrogens is 5. The Morgan fingerprint density at radius 2 is 2.00 bits per heavy atom. The van der Waals surface area contributed by atoms with Crippen LogP contribution in [0.15, 0.2) is 36.7 Å². The molecule has 2 aromatic heterocycles. The third-order valence-electron chi connectivity index (χ3n) is 3.62. The molecule has 2 heterocycles. The Balaban J connectivity index is 0.00000225. The molecule has 1 amide bonds. The Kier molecular flexibility index (Phi) is 5.89. The third kappa shape index (κ3) is 4.23. The maximum absolute atomic E-state index is 12.5. The molecule has 9 heteroatoms. The van der Waals surface area contributed by atoms with Gasteiger partial charge in [0.2, 0.25) is 5.91 Å². The molecule has 0 saturated heterocycles. The normalized spacial score (nSPS) is 11.6. The van der Waals surface area contributed by atoms with Crippen molar-refractivity contribution in [3.8, 4) is 11.4 Å². The van der Waals surface area contributed by atoms with E-state index in [-0.39, 0.29) is 18.3 Å². The van der Waals surface area contributed by atoms with Gasteiger partial charge in [0.1, 0.15) is 11.9 Å². The minimum atomic E-state index is -0.464. The number of hydrogen-bond acceptors (Lipinski definition) is 5. The van der Waals surface area contributed by atoms with Crippen LogP contribution in [0.1, 0.15) is 17.4 Å². The number of likely N-dealkylation sites (N-methyl/N-ethyl adjacent to an activating group) is 1. The molecule has 1 unspecified atom stereocenters. The van der Waals surface area contributed by atoms with Gasteiger partial charge in [0.05, 0.1) is 6.20 Å². The van der Waals surface area contributed by atoms with Crippen LogP contribution in [0.4, 0.5) is 5.69 Å². The Labute approximate surface area is 151 Å². The summed E-state index contributed by atoms with van der Waals surface area (Å²) < 4.78 is 1.67. The highest BCUT2D eigenvalue weighted by Crippen LogP contribution is 2.19. The highest BCUT2D eigenvalue weighted by Gasteiger charge is 2.20. The van der Waals surface area contributed by atoms with Crippen LogP contribution in [0.2, 0.25) is 0 Å². The summed E-state index contributed by atoms with van der Waals surface area (Å²) in [4.78, 5) is 16.8. The summed E-state index contributed by atoms with van der Waals surface area (Å²) in [7, 11) is 3.56. The maximum Gasteiger partial charge on any atom is 0.246 e. The van der Waals surface area contributed by atoms with E-state index in [1.807, 2.05) is 44.4 Å². The van der Waals surface area contributed by atoms with Crippen molar-refractivity contribution < 1.29 is 4.79 Å². The first-order valence-electron chi connectivity index (χ1n) is 7.53. The van der Waals surface area contributed by atoms with Crippen LogP contribution < -0.4 is 10.6 Å². The van der Waals surface area contributed by atoms with E-state index in [0.29, 0.717) is 11.5 Å². The average molecular weight is 362 g/mol. The van der Waals surface area contributed by atoms with Gasteiger partial charge in [-0.25, -0.2) is 4.98 Å². The second-order valence-corrected chi connectivity index (χ2v) is 5.48. The standard InChI is InChI=1S/C16H19N7O.ClH/c1-10-19-15(22-21-10)11-4-6-13(7-5-11)20-16(24)14(17-2)12-8-18-23(3)9-12;/h4-9,14,17H,1-3H3,(H,20,24)(H,19,21,22);1H. The van der Waals surface area contributed by atoms with Crippen molar-refractivity contribution in [3.05, 3.63) is 48.0 Å². The average Bonchev–Trinajstić information content (AvgIpc) is 3.18. The first kappa shape index (κ1) is 18.6. The molecule has 0 bridgehead atoms. The van der Waals surface area contributed by atoms with Gasteiger partial charge < -0.3 is 10.6 Å². The molecule has 3 N–H and O–H groups in total. The Bertz CT molecular complexity index is 840. The van der Waals surface area contributed by atoms with Crippen LogP contribution >= 0.6 is 12.4 Å². The van der Waals surface area contributed by atoms with E-state index >= 15 is 0 Å². The predicted octanol–water partition coefficient (Wildman–Crippen LogP) is 1.83. The van der Waals surface area contributed by atoms with Gasteiger partial charge in [-0.05, 0) is 38.2 Å². The van der Waals surface area contributed by atoms with Crippen LogP contribution in [-0.4, -0.2) is 37.9 Å². The number of nitrogens with one attached hydrogen (secondary N) is 3. The quantitative estimate of drug-likeness (QED) is 0.643. The fraction of sp³-hybridized carbons (Fsp3) is 0.250. The number of amides is 1. The van der Waals surface area contributed by atoms with E-state index in [1.54, 1.807) is 17.9 Å². The van der Waals surface area contributed by atoms with Crippen molar-refractivity contribution >= 4 is 24.0 Å². The molecular weight excluding hydrogens is 342 g/mol. The smallest absolute Gasteiger partial charge is 0.246 e. The van der Waals surface area contributed by atoms with E-state index in [4.69, 9.17) is 0 Å². The molecular formula is C16H20ClN7O. The summed E-state index contributed by atoms with van der Waals surface area (Å²) >= 11 is 0. The lowest BCUT2D eigenvalue weighted by Gasteiger charge is -2.14. The van der Waals surface area contributed by atoms with Crippen molar-refractivity contribution in [2.75, 3.05) is 12.4 Å². The summed E-state index contributed by atoms with van der Waals surface area (Å²) in [5.74, 6) is 1.25. The summed E-state index contributed by atoms with van der Waals surface area (Å²) in [5.41, 5.74) is 2.40. The number of aromatic amines is 1. The number of H-pyrrole nitrogens is 1. The highest BCUT2D eigenvalue weighted by molar-refractivity contribution is 5.95. The number of anilines is 1. The second-order valence-electron chi connectivity index (χ2n) is 5.48. The van der Waals surface area contributed by atoms with Gasteiger partial charge in [-0.15, -0.1) is 12.4 Å². The molecule has 25 heavy (non-hydrogen) atoms. The molecule has 3 rings (SSSR count). The number of rotatable bonds is 5. The zero-order valence-electron chi connectivity index (χ0n) is 14.1. The first-order chi connectivity index (χ1) is 11.6. The molecule has 8 nitrogen and oxygen atoms in total. The van der Waals surface area contributed by atoms with E-state index < -0.39 is 6.04 Å². The minimum Gasteiger partial charge on any atom is -0.324 e. The molecule has 132 valence electrons. The first-order valence-corrected chi connectivity index (χ1v) is 7.53. The van der Waals surface area contributed by atoms with Crippen LogP contribution in [0, 0.1) is 6.92 Å². The van der Waals surface area contributed by atoms with Crippen molar-refractivity contribution in [1.29, 1.82) is 0 Å². The van der Waals surface area contributed by atoms with Gasteiger partial charge in [-0.3, -0.25) is 14.6 Å². The lowest BCUT2D eigenvalue weighted by molar-refractivity contribution is -0.118. The number of hydrogen-bond donors (Lipinski definition) is 3. The van der Waals surface area contributed by atoms with Gasteiger partial charge in [-0.1, -0.05) is 0 Å². The monoisotopic (exact) mass is 361 g/mol. The molecule has 0 fully saturated rings. The van der Waals surface area contributed by atoms with Crippen molar-refractivity contribution in [2.45, 2.75) is 13.0 Å². The lowest BCUT2D eigenvalue weighted by Crippen LogP contribution is -2.30. The fourth-order valence-electron chi connectivity index (χ4n) is 2.43. The molecule has 0 aliphatic rings.